The Kier molecular flexibility index (Phi) is 4.25. The summed E-state index contributed by atoms with van der Waals surface area (Å²) in [6.45, 7) is 1.87. The molecule has 1 aromatic carbocycles. The first-order valence-corrected chi connectivity index (χ1v) is 6.77. The zero-order chi connectivity index (χ0) is 13.1. The molecule has 0 unspecified atom stereocenters. The first kappa shape index (κ1) is 13.4. The predicted octanol–water partition coefficient (Wildman–Crippen LogP) is 2.65. The van der Waals surface area contributed by atoms with Crippen LogP contribution in [0.3, 0.4) is 0 Å². The summed E-state index contributed by atoms with van der Waals surface area (Å²) in [5.41, 5.74) is 7.35. The summed E-state index contributed by atoms with van der Waals surface area (Å²) >= 11 is 6.02. The molecule has 3 nitrogen and oxygen atoms in total. The third kappa shape index (κ3) is 3.03. The summed E-state index contributed by atoms with van der Waals surface area (Å²) < 4.78 is 0. The molecule has 0 atom stereocenters. The molecule has 2 rings (SSSR count). The summed E-state index contributed by atoms with van der Waals surface area (Å²) in [5, 5.41) is 3.70. The Hall–Kier alpha value is -1.06. The van der Waals surface area contributed by atoms with Crippen LogP contribution < -0.4 is 11.1 Å². The van der Waals surface area contributed by atoms with E-state index in [1.54, 1.807) is 12.1 Å². The average Bonchev–Trinajstić information content (AvgIpc) is 2.35. The number of halogens is 1. The van der Waals surface area contributed by atoms with Gasteiger partial charge in [-0.05, 0) is 50.3 Å². The van der Waals surface area contributed by atoms with Crippen molar-refractivity contribution in [1.29, 1.82) is 0 Å². The minimum absolute atomic E-state index is 0.0320. The number of rotatable bonds is 2. The van der Waals surface area contributed by atoms with Crippen LogP contribution in [0.5, 0.6) is 0 Å². The molecule has 0 aliphatic heterocycles. The van der Waals surface area contributed by atoms with Crippen LogP contribution in [0.2, 0.25) is 5.02 Å². The highest BCUT2D eigenvalue weighted by Gasteiger charge is 2.21. The Balaban J connectivity index is 2.01. The fraction of sp³-hybridized carbons (Fsp3) is 0.500. The first-order valence-electron chi connectivity index (χ1n) is 6.39. The van der Waals surface area contributed by atoms with E-state index in [1.165, 1.54) is 0 Å². The Morgan fingerprint density at radius 3 is 2.67 bits per heavy atom. The molecule has 1 aliphatic rings. The summed E-state index contributed by atoms with van der Waals surface area (Å²) in [6.07, 6.45) is 3.90. The van der Waals surface area contributed by atoms with Gasteiger partial charge in [0.2, 0.25) is 0 Å². The smallest absolute Gasteiger partial charge is 0.251 e. The van der Waals surface area contributed by atoms with Crippen molar-refractivity contribution < 1.29 is 4.79 Å². The van der Waals surface area contributed by atoms with E-state index in [4.69, 9.17) is 17.3 Å². The SMILES string of the molecule is Cc1c(Cl)cccc1C(=O)NC1CCC(N)CC1. The molecule has 0 bridgehead atoms. The van der Waals surface area contributed by atoms with Crippen molar-refractivity contribution in [3.63, 3.8) is 0 Å². The van der Waals surface area contributed by atoms with E-state index in [9.17, 15) is 4.79 Å². The minimum atomic E-state index is -0.0320. The average molecular weight is 267 g/mol. The molecule has 1 fully saturated rings. The van der Waals surface area contributed by atoms with Crippen molar-refractivity contribution in [3.8, 4) is 0 Å². The molecule has 0 radical (unpaired) electrons. The molecule has 1 amide bonds. The highest BCUT2D eigenvalue weighted by Crippen LogP contribution is 2.21. The van der Waals surface area contributed by atoms with Crippen LogP contribution in [-0.4, -0.2) is 18.0 Å². The number of carbonyl (C=O) groups excluding carboxylic acids is 1. The molecule has 1 aliphatic carbocycles. The van der Waals surface area contributed by atoms with E-state index in [0.717, 1.165) is 31.2 Å². The largest absolute Gasteiger partial charge is 0.349 e. The molecule has 0 heterocycles. The lowest BCUT2D eigenvalue weighted by Crippen LogP contribution is -2.40. The molecule has 1 aromatic rings. The number of nitrogens with two attached hydrogens (primary N) is 1. The van der Waals surface area contributed by atoms with Crippen LogP contribution in [0, 0.1) is 6.92 Å². The van der Waals surface area contributed by atoms with Gasteiger partial charge in [-0.1, -0.05) is 17.7 Å². The van der Waals surface area contributed by atoms with E-state index in [-0.39, 0.29) is 11.9 Å². The maximum absolute atomic E-state index is 12.2. The number of benzene rings is 1. The van der Waals surface area contributed by atoms with Gasteiger partial charge in [-0.2, -0.15) is 0 Å². The normalized spacial score (nSPS) is 23.7. The lowest BCUT2D eigenvalue weighted by molar-refractivity contribution is 0.0925. The van der Waals surface area contributed by atoms with Crippen molar-refractivity contribution in [2.75, 3.05) is 0 Å². The standard InChI is InChI=1S/C14H19ClN2O/c1-9-12(3-2-4-13(9)15)14(18)17-11-7-5-10(16)6-8-11/h2-4,10-11H,5-8,16H2,1H3,(H,17,18). The van der Waals surface area contributed by atoms with E-state index in [1.807, 2.05) is 13.0 Å². The third-order valence-corrected chi connectivity index (χ3v) is 4.03. The Labute approximate surface area is 113 Å². The van der Waals surface area contributed by atoms with Gasteiger partial charge in [0.15, 0.2) is 0 Å². The van der Waals surface area contributed by atoms with Gasteiger partial charge < -0.3 is 11.1 Å². The number of carbonyl (C=O) groups is 1. The van der Waals surface area contributed by atoms with Crippen molar-refractivity contribution in [1.82, 2.24) is 5.32 Å². The minimum Gasteiger partial charge on any atom is -0.349 e. The molecule has 18 heavy (non-hydrogen) atoms. The molecule has 3 N–H and O–H groups in total. The molecular weight excluding hydrogens is 248 g/mol. The number of amides is 1. The van der Waals surface area contributed by atoms with Gasteiger partial charge in [-0.3, -0.25) is 4.79 Å². The van der Waals surface area contributed by atoms with Gasteiger partial charge >= 0.3 is 0 Å². The van der Waals surface area contributed by atoms with Crippen LogP contribution in [0.1, 0.15) is 41.6 Å². The Bertz CT molecular complexity index is 439. The fourth-order valence-corrected chi connectivity index (χ4v) is 2.55. The quantitative estimate of drug-likeness (QED) is 0.865. The van der Waals surface area contributed by atoms with E-state index in [2.05, 4.69) is 5.32 Å². The van der Waals surface area contributed by atoms with Crippen LogP contribution in [0.4, 0.5) is 0 Å². The van der Waals surface area contributed by atoms with Crippen LogP contribution >= 0.6 is 11.6 Å². The molecule has 0 aromatic heterocycles. The van der Waals surface area contributed by atoms with Crippen LogP contribution in [-0.2, 0) is 0 Å². The summed E-state index contributed by atoms with van der Waals surface area (Å²) in [4.78, 5) is 12.2. The monoisotopic (exact) mass is 266 g/mol. The van der Waals surface area contributed by atoms with E-state index in [0.29, 0.717) is 16.6 Å². The van der Waals surface area contributed by atoms with Gasteiger partial charge in [-0.25, -0.2) is 0 Å². The Morgan fingerprint density at radius 1 is 1.33 bits per heavy atom. The number of nitrogens with one attached hydrogen (secondary N) is 1. The second-order valence-electron chi connectivity index (χ2n) is 5.00. The highest BCUT2D eigenvalue weighted by atomic mass is 35.5. The lowest BCUT2D eigenvalue weighted by Gasteiger charge is -2.27. The van der Waals surface area contributed by atoms with Gasteiger partial charge in [-0.15, -0.1) is 0 Å². The van der Waals surface area contributed by atoms with Gasteiger partial charge in [0, 0.05) is 22.7 Å². The van der Waals surface area contributed by atoms with Gasteiger partial charge in [0.1, 0.15) is 0 Å². The summed E-state index contributed by atoms with van der Waals surface area (Å²) in [5.74, 6) is -0.0320. The zero-order valence-electron chi connectivity index (χ0n) is 10.6. The molecule has 1 saturated carbocycles. The Morgan fingerprint density at radius 2 is 2.00 bits per heavy atom. The second-order valence-corrected chi connectivity index (χ2v) is 5.40. The van der Waals surface area contributed by atoms with Crippen LogP contribution in [0.25, 0.3) is 0 Å². The summed E-state index contributed by atoms with van der Waals surface area (Å²) in [7, 11) is 0. The van der Waals surface area contributed by atoms with E-state index < -0.39 is 0 Å². The second kappa shape index (κ2) is 5.72. The van der Waals surface area contributed by atoms with Crippen LogP contribution in [0.15, 0.2) is 18.2 Å². The molecule has 98 valence electrons. The number of hydrogen-bond acceptors (Lipinski definition) is 2. The first-order chi connectivity index (χ1) is 8.58. The lowest BCUT2D eigenvalue weighted by atomic mass is 9.91. The zero-order valence-corrected chi connectivity index (χ0v) is 11.3. The molecule has 4 heteroatoms. The van der Waals surface area contributed by atoms with Crippen molar-refractivity contribution >= 4 is 17.5 Å². The van der Waals surface area contributed by atoms with Gasteiger partial charge in [0.05, 0.1) is 0 Å². The van der Waals surface area contributed by atoms with E-state index >= 15 is 0 Å². The maximum atomic E-state index is 12.2. The topological polar surface area (TPSA) is 55.1 Å². The molecule has 0 saturated heterocycles. The third-order valence-electron chi connectivity index (χ3n) is 3.62. The number of hydrogen-bond donors (Lipinski definition) is 2. The molecular formula is C14H19ClN2O. The summed E-state index contributed by atoms with van der Waals surface area (Å²) in [6, 6.07) is 5.96. The van der Waals surface area contributed by atoms with Crippen molar-refractivity contribution in [2.24, 2.45) is 5.73 Å². The van der Waals surface area contributed by atoms with Gasteiger partial charge in [0.25, 0.3) is 5.91 Å². The van der Waals surface area contributed by atoms with Crippen molar-refractivity contribution in [3.05, 3.63) is 34.3 Å². The van der Waals surface area contributed by atoms with Crippen molar-refractivity contribution in [2.45, 2.75) is 44.7 Å². The highest BCUT2D eigenvalue weighted by molar-refractivity contribution is 6.31. The maximum Gasteiger partial charge on any atom is 0.251 e. The predicted molar refractivity (Wildman–Crippen MR) is 73.9 cm³/mol. The fourth-order valence-electron chi connectivity index (χ4n) is 2.38. The molecule has 0 spiro atoms.